The Labute approximate surface area is 207 Å². The van der Waals surface area contributed by atoms with Gasteiger partial charge < -0.3 is 24.6 Å². The van der Waals surface area contributed by atoms with Crippen molar-refractivity contribution in [3.05, 3.63) is 48.2 Å². The normalized spacial score (nSPS) is 14.6. The molecule has 2 heterocycles. The van der Waals surface area contributed by atoms with Crippen LogP contribution < -0.4 is 15.0 Å². The maximum absolute atomic E-state index is 13.6. The molecule has 0 radical (unpaired) electrons. The fourth-order valence-electron chi connectivity index (χ4n) is 3.92. The number of para-hydroxylation sites is 1. The van der Waals surface area contributed by atoms with Crippen LogP contribution >= 0.6 is 0 Å². The molecule has 0 bridgehead atoms. The van der Waals surface area contributed by atoms with Gasteiger partial charge in [-0.25, -0.2) is 14.8 Å². The molecule has 1 aromatic heterocycles. The van der Waals surface area contributed by atoms with E-state index in [0.717, 1.165) is 5.69 Å². The van der Waals surface area contributed by atoms with Crippen LogP contribution in [0.15, 0.2) is 42.5 Å². The quantitative estimate of drug-likeness (QED) is 0.507. The number of ether oxygens (including phenoxy) is 2. The lowest BCUT2D eigenvalue weighted by Crippen LogP contribution is -2.50. The van der Waals surface area contributed by atoms with Crippen LogP contribution in [0.4, 0.5) is 35.3 Å². The fraction of sp³-hybridized carbons (Fsp3) is 0.400. The molecule has 1 fully saturated rings. The van der Waals surface area contributed by atoms with E-state index in [1.807, 2.05) is 26.8 Å². The predicted octanol–water partition coefficient (Wildman–Crippen LogP) is 5.46. The number of nitrogens with one attached hydrogen (secondary N) is 1. The number of hydrogen-bond donors (Lipinski definition) is 1. The van der Waals surface area contributed by atoms with E-state index in [1.165, 1.54) is 25.3 Å². The predicted molar refractivity (Wildman–Crippen MR) is 131 cm³/mol. The number of aromatic nitrogens is 2. The van der Waals surface area contributed by atoms with Gasteiger partial charge in [-0.2, -0.15) is 13.2 Å². The largest absolute Gasteiger partial charge is 0.494 e. The van der Waals surface area contributed by atoms with Crippen LogP contribution in [0.1, 0.15) is 26.5 Å². The van der Waals surface area contributed by atoms with E-state index in [9.17, 15) is 18.0 Å². The van der Waals surface area contributed by atoms with Gasteiger partial charge in [0, 0.05) is 43.3 Å². The number of amides is 1. The van der Waals surface area contributed by atoms with Crippen molar-refractivity contribution in [1.29, 1.82) is 0 Å². The number of alkyl halides is 3. The molecule has 4 rings (SSSR count). The molecule has 1 saturated heterocycles. The Hall–Kier alpha value is -3.76. The number of halogens is 3. The number of nitrogens with zero attached hydrogens (tertiary/aromatic N) is 4. The van der Waals surface area contributed by atoms with Crippen LogP contribution in [-0.4, -0.2) is 59.9 Å². The van der Waals surface area contributed by atoms with Crippen LogP contribution in [0.25, 0.3) is 10.9 Å². The Kier molecular flexibility index (Phi) is 6.83. The molecule has 1 N–H and O–H groups in total. The summed E-state index contributed by atoms with van der Waals surface area (Å²) < 4.78 is 51.8. The van der Waals surface area contributed by atoms with Crippen LogP contribution in [0.3, 0.4) is 0 Å². The lowest BCUT2D eigenvalue weighted by atomic mass is 10.2. The summed E-state index contributed by atoms with van der Waals surface area (Å²) in [7, 11) is 1.48. The number of rotatable bonds is 4. The molecule has 2 aromatic carbocycles. The average Bonchev–Trinajstić information content (AvgIpc) is 2.82. The number of fused-ring (bicyclic) bond motifs is 1. The van der Waals surface area contributed by atoms with Gasteiger partial charge in [0.1, 0.15) is 11.4 Å². The first-order valence-electron chi connectivity index (χ1n) is 11.5. The highest BCUT2D eigenvalue weighted by molar-refractivity contribution is 5.83. The maximum Gasteiger partial charge on any atom is 0.434 e. The zero-order chi connectivity index (χ0) is 26.1. The minimum atomic E-state index is -4.63. The Bertz CT molecular complexity index is 1250. The molecule has 0 aliphatic carbocycles. The monoisotopic (exact) mass is 503 g/mol. The SMILES string of the molecule is COc1cc(N2CCN(C(=O)OC(C)(C)C)CC2)ccc1Nc1nc(C(F)(F)F)c2ccccc2n1. The summed E-state index contributed by atoms with van der Waals surface area (Å²) in [5, 5.41) is 2.80. The minimum absolute atomic E-state index is 0.0663. The first kappa shape index (κ1) is 25.3. The minimum Gasteiger partial charge on any atom is -0.494 e. The third kappa shape index (κ3) is 5.72. The standard InChI is InChI=1S/C25H28F3N5O3/c1-24(2,3)36-23(34)33-13-11-32(12-14-33)16-9-10-19(20(15-16)35-4)30-22-29-18-8-6-5-7-17(18)21(31-22)25(26,27)28/h5-10,15H,11-14H2,1-4H3,(H,29,30,31). The lowest BCUT2D eigenvalue weighted by Gasteiger charge is -2.37. The smallest absolute Gasteiger partial charge is 0.434 e. The van der Waals surface area contributed by atoms with Crippen molar-refractivity contribution in [3.63, 3.8) is 0 Å². The summed E-state index contributed by atoms with van der Waals surface area (Å²) in [4.78, 5) is 24.1. The van der Waals surface area contributed by atoms with Crippen LogP contribution in [-0.2, 0) is 10.9 Å². The third-order valence-electron chi connectivity index (χ3n) is 5.60. The van der Waals surface area contributed by atoms with Crippen molar-refractivity contribution in [2.24, 2.45) is 0 Å². The summed E-state index contributed by atoms with van der Waals surface area (Å²) in [6.07, 6.45) is -4.97. The molecule has 0 spiro atoms. The molecule has 1 aliphatic heterocycles. The van der Waals surface area contributed by atoms with Gasteiger partial charge in [0.05, 0.1) is 18.3 Å². The second-order valence-electron chi connectivity index (χ2n) is 9.37. The van der Waals surface area contributed by atoms with Gasteiger partial charge in [0.2, 0.25) is 5.95 Å². The van der Waals surface area contributed by atoms with Crippen LogP contribution in [0, 0.1) is 0 Å². The number of anilines is 3. The summed E-state index contributed by atoms with van der Waals surface area (Å²) in [6, 6.07) is 11.3. The summed E-state index contributed by atoms with van der Waals surface area (Å²) >= 11 is 0. The Balaban J connectivity index is 1.52. The van der Waals surface area contributed by atoms with Gasteiger partial charge >= 0.3 is 12.3 Å². The number of piperazine rings is 1. The second-order valence-corrected chi connectivity index (χ2v) is 9.37. The van der Waals surface area contributed by atoms with Crippen molar-refractivity contribution < 1.29 is 27.4 Å². The number of carbonyl (C=O) groups excluding carboxylic acids is 1. The van der Waals surface area contributed by atoms with Gasteiger partial charge in [-0.15, -0.1) is 0 Å². The molecule has 8 nitrogen and oxygen atoms in total. The molecule has 0 unspecified atom stereocenters. The number of benzene rings is 2. The number of carbonyl (C=O) groups is 1. The number of hydrogen-bond acceptors (Lipinski definition) is 7. The Morgan fingerprint density at radius 1 is 1.00 bits per heavy atom. The molecule has 1 aliphatic rings. The van der Waals surface area contributed by atoms with Crippen molar-refractivity contribution in [1.82, 2.24) is 14.9 Å². The molecule has 1 amide bonds. The third-order valence-corrected chi connectivity index (χ3v) is 5.60. The molecule has 192 valence electrons. The first-order chi connectivity index (χ1) is 16.9. The molecule has 0 saturated carbocycles. The topological polar surface area (TPSA) is 79.8 Å². The van der Waals surface area contributed by atoms with E-state index in [4.69, 9.17) is 9.47 Å². The number of methoxy groups -OCH3 is 1. The molecular weight excluding hydrogens is 475 g/mol. The van der Waals surface area contributed by atoms with E-state index >= 15 is 0 Å². The van der Waals surface area contributed by atoms with E-state index in [0.29, 0.717) is 37.6 Å². The lowest BCUT2D eigenvalue weighted by molar-refractivity contribution is -0.139. The van der Waals surface area contributed by atoms with E-state index < -0.39 is 17.5 Å². The van der Waals surface area contributed by atoms with Gasteiger partial charge in [-0.3, -0.25) is 0 Å². The Morgan fingerprint density at radius 3 is 2.33 bits per heavy atom. The molecule has 0 atom stereocenters. The van der Waals surface area contributed by atoms with Crippen molar-refractivity contribution in [2.45, 2.75) is 32.5 Å². The Morgan fingerprint density at radius 2 is 1.69 bits per heavy atom. The summed E-state index contributed by atoms with van der Waals surface area (Å²) in [5.41, 5.74) is -0.0939. The summed E-state index contributed by atoms with van der Waals surface area (Å²) in [6.45, 7) is 7.68. The van der Waals surface area contributed by atoms with Gasteiger partial charge in [0.25, 0.3) is 0 Å². The highest BCUT2D eigenvalue weighted by atomic mass is 19.4. The summed E-state index contributed by atoms with van der Waals surface area (Å²) in [5.74, 6) is 0.241. The van der Waals surface area contributed by atoms with Crippen molar-refractivity contribution in [3.8, 4) is 5.75 Å². The second kappa shape index (κ2) is 9.71. The molecule has 11 heteroatoms. The molecule has 36 heavy (non-hydrogen) atoms. The van der Waals surface area contributed by atoms with E-state index in [2.05, 4.69) is 20.2 Å². The van der Waals surface area contributed by atoms with Crippen molar-refractivity contribution in [2.75, 3.05) is 43.5 Å². The fourth-order valence-corrected chi connectivity index (χ4v) is 3.92. The first-order valence-corrected chi connectivity index (χ1v) is 11.5. The van der Waals surface area contributed by atoms with E-state index in [-0.39, 0.29) is 22.9 Å². The van der Waals surface area contributed by atoms with E-state index in [1.54, 1.807) is 23.1 Å². The van der Waals surface area contributed by atoms with Crippen molar-refractivity contribution >= 4 is 34.3 Å². The van der Waals surface area contributed by atoms with Gasteiger partial charge in [-0.05, 0) is 39.0 Å². The average molecular weight is 504 g/mol. The van der Waals surface area contributed by atoms with Crippen LogP contribution in [0.5, 0.6) is 5.75 Å². The zero-order valence-electron chi connectivity index (χ0n) is 20.5. The zero-order valence-corrected chi connectivity index (χ0v) is 20.5. The van der Waals surface area contributed by atoms with Gasteiger partial charge in [-0.1, -0.05) is 18.2 Å². The maximum atomic E-state index is 13.6. The molecule has 3 aromatic rings. The highest BCUT2D eigenvalue weighted by Crippen LogP contribution is 2.36. The van der Waals surface area contributed by atoms with Gasteiger partial charge in [0.15, 0.2) is 5.69 Å². The highest BCUT2D eigenvalue weighted by Gasteiger charge is 2.35. The van der Waals surface area contributed by atoms with Crippen LogP contribution in [0.2, 0.25) is 0 Å². The molecular formula is C25H28F3N5O3.